The summed E-state index contributed by atoms with van der Waals surface area (Å²) in [6.07, 6.45) is 2.01. The highest BCUT2D eigenvalue weighted by Crippen LogP contribution is 2.19. The Morgan fingerprint density at radius 1 is 1.22 bits per heavy atom. The lowest BCUT2D eigenvalue weighted by atomic mass is 9.95. The molecule has 1 fully saturated rings. The first kappa shape index (κ1) is 15.8. The van der Waals surface area contributed by atoms with Crippen LogP contribution in [0.2, 0.25) is 0 Å². The van der Waals surface area contributed by atoms with Crippen LogP contribution in [0.15, 0.2) is 0 Å². The third kappa shape index (κ3) is 6.05. The molecule has 1 aliphatic rings. The van der Waals surface area contributed by atoms with Crippen molar-refractivity contribution in [1.82, 2.24) is 10.2 Å². The van der Waals surface area contributed by atoms with Crippen LogP contribution in [0.25, 0.3) is 0 Å². The molecular weight excluding hydrogens is 241 g/mol. The van der Waals surface area contributed by atoms with E-state index in [1.165, 1.54) is 24.2 Å². The lowest BCUT2D eigenvalue weighted by Crippen LogP contribution is -2.47. The SMILES string of the molecule is CCN(CC(F)(F)F)C(C)CNC1CCCCC1. The first-order valence-corrected chi connectivity index (χ1v) is 6.96. The van der Waals surface area contributed by atoms with E-state index in [1.807, 2.05) is 6.92 Å². The maximum Gasteiger partial charge on any atom is 0.401 e. The first-order valence-electron chi connectivity index (χ1n) is 6.96. The van der Waals surface area contributed by atoms with E-state index in [4.69, 9.17) is 0 Å². The van der Waals surface area contributed by atoms with Gasteiger partial charge < -0.3 is 5.32 Å². The number of nitrogens with zero attached hydrogens (tertiary/aromatic N) is 1. The fraction of sp³-hybridized carbons (Fsp3) is 1.00. The highest BCUT2D eigenvalue weighted by Gasteiger charge is 2.32. The van der Waals surface area contributed by atoms with Crippen molar-refractivity contribution in [3.8, 4) is 0 Å². The van der Waals surface area contributed by atoms with Crippen molar-refractivity contribution < 1.29 is 13.2 Å². The van der Waals surface area contributed by atoms with Crippen LogP contribution in [0.3, 0.4) is 0 Å². The van der Waals surface area contributed by atoms with E-state index in [-0.39, 0.29) is 6.04 Å². The van der Waals surface area contributed by atoms with Crippen LogP contribution in [0.5, 0.6) is 0 Å². The van der Waals surface area contributed by atoms with Crippen molar-refractivity contribution in [2.75, 3.05) is 19.6 Å². The summed E-state index contributed by atoms with van der Waals surface area (Å²) in [6, 6.07) is 0.435. The van der Waals surface area contributed by atoms with Crippen molar-refractivity contribution >= 4 is 0 Å². The van der Waals surface area contributed by atoms with Gasteiger partial charge in [0.25, 0.3) is 0 Å². The quantitative estimate of drug-likeness (QED) is 0.794. The summed E-state index contributed by atoms with van der Waals surface area (Å²) >= 11 is 0. The molecule has 0 aliphatic heterocycles. The van der Waals surface area contributed by atoms with Gasteiger partial charge in [0.1, 0.15) is 0 Å². The molecule has 5 heteroatoms. The zero-order valence-corrected chi connectivity index (χ0v) is 11.4. The van der Waals surface area contributed by atoms with Gasteiger partial charge in [0.2, 0.25) is 0 Å². The van der Waals surface area contributed by atoms with Crippen LogP contribution in [0.1, 0.15) is 46.0 Å². The predicted octanol–water partition coefficient (Wildman–Crippen LogP) is 3.18. The molecule has 0 aromatic heterocycles. The van der Waals surface area contributed by atoms with Crippen LogP contribution in [-0.2, 0) is 0 Å². The Bertz CT molecular complexity index is 225. The molecule has 0 aromatic rings. The minimum absolute atomic E-state index is 0.0708. The zero-order chi connectivity index (χ0) is 13.6. The second kappa shape index (κ2) is 7.34. The maximum atomic E-state index is 12.4. The van der Waals surface area contributed by atoms with Gasteiger partial charge in [-0.25, -0.2) is 0 Å². The molecule has 18 heavy (non-hydrogen) atoms. The topological polar surface area (TPSA) is 15.3 Å². The van der Waals surface area contributed by atoms with Gasteiger partial charge in [0, 0.05) is 18.6 Å². The number of likely N-dealkylation sites (N-methyl/N-ethyl adjacent to an activating group) is 1. The molecule has 1 rings (SSSR count). The first-order chi connectivity index (χ1) is 8.42. The number of hydrogen-bond donors (Lipinski definition) is 1. The lowest BCUT2D eigenvalue weighted by Gasteiger charge is -2.31. The van der Waals surface area contributed by atoms with Crippen LogP contribution in [0, 0.1) is 0 Å². The molecule has 1 unspecified atom stereocenters. The van der Waals surface area contributed by atoms with Gasteiger partial charge in [-0.15, -0.1) is 0 Å². The van der Waals surface area contributed by atoms with Crippen molar-refractivity contribution in [1.29, 1.82) is 0 Å². The molecule has 108 valence electrons. The second-order valence-electron chi connectivity index (χ2n) is 5.27. The molecule has 0 bridgehead atoms. The van der Waals surface area contributed by atoms with E-state index in [0.29, 0.717) is 19.1 Å². The summed E-state index contributed by atoms with van der Waals surface area (Å²) in [7, 11) is 0. The predicted molar refractivity (Wildman–Crippen MR) is 67.6 cm³/mol. The van der Waals surface area contributed by atoms with Gasteiger partial charge in [-0.05, 0) is 26.3 Å². The average Bonchev–Trinajstić information content (AvgIpc) is 2.33. The highest BCUT2D eigenvalue weighted by atomic mass is 19.4. The fourth-order valence-electron chi connectivity index (χ4n) is 2.58. The van der Waals surface area contributed by atoms with Crippen LogP contribution in [0.4, 0.5) is 13.2 Å². The molecular formula is C13H25F3N2. The van der Waals surface area contributed by atoms with E-state index in [0.717, 1.165) is 12.8 Å². The van der Waals surface area contributed by atoms with E-state index in [1.54, 1.807) is 6.92 Å². The fourth-order valence-corrected chi connectivity index (χ4v) is 2.58. The Balaban J connectivity index is 2.30. The Morgan fingerprint density at radius 2 is 1.83 bits per heavy atom. The summed E-state index contributed by atoms with van der Waals surface area (Å²) in [4.78, 5) is 1.48. The number of halogens is 3. The molecule has 2 nitrogen and oxygen atoms in total. The molecule has 1 atom stereocenters. The summed E-state index contributed by atoms with van der Waals surface area (Å²) < 4.78 is 37.2. The molecule has 1 aliphatic carbocycles. The van der Waals surface area contributed by atoms with Gasteiger partial charge in [-0.3, -0.25) is 4.90 Å². The smallest absolute Gasteiger partial charge is 0.312 e. The third-order valence-electron chi connectivity index (χ3n) is 3.72. The minimum Gasteiger partial charge on any atom is -0.312 e. The van der Waals surface area contributed by atoms with Crippen molar-refractivity contribution in [2.45, 2.75) is 64.2 Å². The average molecular weight is 266 g/mol. The van der Waals surface area contributed by atoms with E-state index < -0.39 is 12.7 Å². The summed E-state index contributed by atoms with van der Waals surface area (Å²) in [5, 5.41) is 3.41. The largest absolute Gasteiger partial charge is 0.401 e. The molecule has 1 N–H and O–H groups in total. The van der Waals surface area contributed by atoms with Crippen LogP contribution >= 0.6 is 0 Å². The standard InChI is InChI=1S/C13H25F3N2/c1-3-18(10-13(14,15)16)11(2)9-17-12-7-5-4-6-8-12/h11-12,17H,3-10H2,1-2H3. The maximum absolute atomic E-state index is 12.4. The van der Waals surface area contributed by atoms with Crippen LogP contribution < -0.4 is 5.32 Å². The minimum atomic E-state index is -4.10. The molecule has 0 amide bonds. The van der Waals surface area contributed by atoms with Crippen molar-refractivity contribution in [3.63, 3.8) is 0 Å². The number of rotatable bonds is 6. The Hall–Kier alpha value is -0.290. The lowest BCUT2D eigenvalue weighted by molar-refractivity contribution is -0.149. The highest BCUT2D eigenvalue weighted by molar-refractivity contribution is 4.77. The van der Waals surface area contributed by atoms with E-state index in [9.17, 15) is 13.2 Å². The Morgan fingerprint density at radius 3 is 2.33 bits per heavy atom. The molecule has 0 radical (unpaired) electrons. The van der Waals surface area contributed by atoms with Gasteiger partial charge in [0.15, 0.2) is 0 Å². The Labute approximate surface area is 108 Å². The molecule has 0 saturated heterocycles. The van der Waals surface area contributed by atoms with Gasteiger partial charge >= 0.3 is 6.18 Å². The summed E-state index contributed by atoms with van der Waals surface area (Å²) in [5.41, 5.74) is 0. The second-order valence-corrected chi connectivity index (χ2v) is 5.27. The van der Waals surface area contributed by atoms with Gasteiger partial charge in [0.05, 0.1) is 6.54 Å². The molecule has 0 heterocycles. The normalized spacial score (nSPS) is 20.3. The van der Waals surface area contributed by atoms with E-state index in [2.05, 4.69) is 5.32 Å². The number of nitrogens with one attached hydrogen (secondary N) is 1. The molecule has 1 saturated carbocycles. The molecule has 0 aromatic carbocycles. The molecule has 0 spiro atoms. The Kier molecular flexibility index (Phi) is 6.43. The van der Waals surface area contributed by atoms with Gasteiger partial charge in [-0.2, -0.15) is 13.2 Å². The van der Waals surface area contributed by atoms with Crippen molar-refractivity contribution in [2.24, 2.45) is 0 Å². The summed E-state index contributed by atoms with van der Waals surface area (Å²) in [6.45, 7) is 3.92. The number of alkyl halides is 3. The van der Waals surface area contributed by atoms with E-state index >= 15 is 0 Å². The van der Waals surface area contributed by atoms with Crippen molar-refractivity contribution in [3.05, 3.63) is 0 Å². The monoisotopic (exact) mass is 266 g/mol. The number of hydrogen-bond acceptors (Lipinski definition) is 2. The van der Waals surface area contributed by atoms with Gasteiger partial charge in [-0.1, -0.05) is 26.2 Å². The third-order valence-corrected chi connectivity index (χ3v) is 3.72. The summed E-state index contributed by atoms with van der Waals surface area (Å²) in [5.74, 6) is 0. The van der Waals surface area contributed by atoms with Crippen LogP contribution in [-0.4, -0.2) is 42.8 Å². The zero-order valence-electron chi connectivity index (χ0n) is 11.4.